The molecule has 0 spiro atoms. The highest BCUT2D eigenvalue weighted by Gasteiger charge is 2.25. The Balaban J connectivity index is 1.84. The smallest absolute Gasteiger partial charge is 0.258 e. The number of amides is 1. The molecule has 0 bridgehead atoms. The summed E-state index contributed by atoms with van der Waals surface area (Å²) in [6.45, 7) is 3.53. The maximum atomic E-state index is 13.0. The Hall–Kier alpha value is -2.40. The third kappa shape index (κ3) is 3.74. The van der Waals surface area contributed by atoms with E-state index in [1.54, 1.807) is 42.4 Å². The number of hydrogen-bond donors (Lipinski definition) is 1. The van der Waals surface area contributed by atoms with E-state index < -0.39 is 0 Å². The molecule has 1 saturated heterocycles. The average Bonchev–Trinajstić information content (AvgIpc) is 3.10. The van der Waals surface area contributed by atoms with Crippen LogP contribution in [0.25, 0.3) is 0 Å². The Morgan fingerprint density at radius 2 is 2.12 bits per heavy atom. The van der Waals surface area contributed by atoms with Crippen LogP contribution in [0.3, 0.4) is 0 Å². The molecule has 0 radical (unpaired) electrons. The lowest BCUT2D eigenvalue weighted by molar-refractivity contribution is 0.0505. The molecular weight excluding hydrogens is 304 g/mol. The van der Waals surface area contributed by atoms with Crippen molar-refractivity contribution in [1.82, 2.24) is 9.88 Å². The lowest BCUT2D eigenvalue weighted by atomic mass is 10.1. The number of ether oxygens (including phenoxy) is 1. The second-order valence-electron chi connectivity index (χ2n) is 6.15. The van der Waals surface area contributed by atoms with E-state index in [1.165, 1.54) is 0 Å². The molecule has 0 unspecified atom stereocenters. The van der Waals surface area contributed by atoms with Gasteiger partial charge in [-0.15, -0.1) is 0 Å². The molecule has 2 aromatic rings. The topological polar surface area (TPSA) is 62.7 Å². The second kappa shape index (κ2) is 7.45. The summed E-state index contributed by atoms with van der Waals surface area (Å²) in [5, 5.41) is 10.3. The van der Waals surface area contributed by atoms with Gasteiger partial charge in [0.05, 0.1) is 11.7 Å². The quantitative estimate of drug-likeness (QED) is 0.917. The van der Waals surface area contributed by atoms with E-state index in [0.717, 1.165) is 25.0 Å². The number of hydrogen-bond acceptors (Lipinski definition) is 4. The molecule has 1 amide bonds. The lowest BCUT2D eigenvalue weighted by Gasteiger charge is -2.26. The molecule has 1 N–H and O–H groups in total. The number of phenols is 1. The minimum atomic E-state index is -0.177. The molecule has 1 aliphatic rings. The zero-order valence-electron chi connectivity index (χ0n) is 13.8. The fourth-order valence-electron chi connectivity index (χ4n) is 2.96. The van der Waals surface area contributed by atoms with Crippen LogP contribution in [0.15, 0.2) is 42.7 Å². The van der Waals surface area contributed by atoms with Crippen LogP contribution in [-0.2, 0) is 11.3 Å². The Morgan fingerprint density at radius 3 is 2.83 bits per heavy atom. The third-order valence-electron chi connectivity index (χ3n) is 4.33. The predicted octanol–water partition coefficient (Wildman–Crippen LogP) is 2.92. The maximum Gasteiger partial charge on any atom is 0.258 e. The third-order valence-corrected chi connectivity index (χ3v) is 4.33. The van der Waals surface area contributed by atoms with Crippen molar-refractivity contribution in [3.63, 3.8) is 0 Å². The van der Waals surface area contributed by atoms with Crippen molar-refractivity contribution in [2.75, 3.05) is 13.2 Å². The fraction of sp³-hybridized carbons (Fsp3) is 0.368. The first-order valence-corrected chi connectivity index (χ1v) is 8.23. The van der Waals surface area contributed by atoms with Gasteiger partial charge in [-0.2, -0.15) is 0 Å². The number of benzene rings is 1. The molecule has 3 rings (SSSR count). The van der Waals surface area contributed by atoms with Crippen LogP contribution in [0, 0.1) is 6.92 Å². The monoisotopic (exact) mass is 326 g/mol. The van der Waals surface area contributed by atoms with Crippen molar-refractivity contribution in [1.29, 1.82) is 0 Å². The molecule has 2 heterocycles. The van der Waals surface area contributed by atoms with E-state index in [4.69, 9.17) is 4.74 Å². The fourth-order valence-corrected chi connectivity index (χ4v) is 2.96. The zero-order valence-corrected chi connectivity index (χ0v) is 13.8. The van der Waals surface area contributed by atoms with Gasteiger partial charge in [0, 0.05) is 32.1 Å². The van der Waals surface area contributed by atoms with Crippen molar-refractivity contribution in [3.8, 4) is 5.75 Å². The normalized spacial score (nSPS) is 17.0. The Bertz CT molecular complexity index is 697. The largest absolute Gasteiger partial charge is 0.507 e. The van der Waals surface area contributed by atoms with Crippen LogP contribution in [0.4, 0.5) is 0 Å². The molecule has 1 fully saturated rings. The van der Waals surface area contributed by atoms with Crippen molar-refractivity contribution in [2.45, 2.75) is 32.4 Å². The van der Waals surface area contributed by atoms with E-state index in [2.05, 4.69) is 4.98 Å². The number of rotatable bonds is 5. The Kier molecular flexibility index (Phi) is 5.11. The van der Waals surface area contributed by atoms with Crippen LogP contribution in [-0.4, -0.2) is 40.2 Å². The number of carbonyl (C=O) groups excluding carboxylic acids is 1. The van der Waals surface area contributed by atoms with Gasteiger partial charge < -0.3 is 14.7 Å². The number of pyridine rings is 1. The molecule has 0 saturated carbocycles. The first-order valence-electron chi connectivity index (χ1n) is 8.23. The summed E-state index contributed by atoms with van der Waals surface area (Å²) in [7, 11) is 0. The van der Waals surface area contributed by atoms with E-state index in [0.29, 0.717) is 24.2 Å². The number of para-hydroxylation sites is 1. The van der Waals surface area contributed by atoms with Crippen molar-refractivity contribution < 1.29 is 14.6 Å². The molecule has 126 valence electrons. The molecule has 5 heteroatoms. The number of nitrogens with zero attached hydrogens (tertiary/aromatic N) is 2. The van der Waals surface area contributed by atoms with Gasteiger partial charge >= 0.3 is 0 Å². The molecule has 0 aliphatic carbocycles. The van der Waals surface area contributed by atoms with Crippen LogP contribution >= 0.6 is 0 Å². The van der Waals surface area contributed by atoms with Gasteiger partial charge in [0.25, 0.3) is 5.91 Å². The van der Waals surface area contributed by atoms with Crippen molar-refractivity contribution in [3.05, 3.63) is 59.4 Å². The summed E-state index contributed by atoms with van der Waals surface area (Å²) >= 11 is 0. The van der Waals surface area contributed by atoms with E-state index in [-0.39, 0.29) is 17.8 Å². The van der Waals surface area contributed by atoms with E-state index in [1.807, 2.05) is 12.1 Å². The molecule has 1 aromatic carbocycles. The number of aromatic hydroxyl groups is 1. The average molecular weight is 326 g/mol. The molecule has 1 aromatic heterocycles. The van der Waals surface area contributed by atoms with Gasteiger partial charge in [0.2, 0.25) is 0 Å². The summed E-state index contributed by atoms with van der Waals surface area (Å²) < 4.78 is 5.69. The molecule has 24 heavy (non-hydrogen) atoms. The van der Waals surface area contributed by atoms with E-state index in [9.17, 15) is 9.90 Å². The van der Waals surface area contributed by atoms with E-state index >= 15 is 0 Å². The SMILES string of the molecule is Cc1cccc(C(=O)N(Cc2ccncc2)C[C@H]2CCCO2)c1O. The lowest BCUT2D eigenvalue weighted by Crippen LogP contribution is -2.37. The summed E-state index contributed by atoms with van der Waals surface area (Å²) in [5.74, 6) is -0.127. The van der Waals surface area contributed by atoms with Gasteiger partial charge in [-0.3, -0.25) is 9.78 Å². The van der Waals surface area contributed by atoms with Gasteiger partial charge in [0.15, 0.2) is 0 Å². The molecule has 5 nitrogen and oxygen atoms in total. The van der Waals surface area contributed by atoms with Crippen LogP contribution in [0.5, 0.6) is 5.75 Å². The number of aromatic nitrogens is 1. The Morgan fingerprint density at radius 1 is 1.33 bits per heavy atom. The van der Waals surface area contributed by atoms with Crippen LogP contribution in [0.1, 0.15) is 34.3 Å². The first-order chi connectivity index (χ1) is 11.6. The molecule has 1 aliphatic heterocycles. The number of aryl methyl sites for hydroxylation is 1. The number of phenolic OH excluding ortho intramolecular Hbond substituents is 1. The minimum absolute atomic E-state index is 0.0505. The highest BCUT2D eigenvalue weighted by atomic mass is 16.5. The first kappa shape index (κ1) is 16.5. The highest BCUT2D eigenvalue weighted by Crippen LogP contribution is 2.24. The molecular formula is C19H22N2O3. The summed E-state index contributed by atoms with van der Waals surface area (Å²) in [6, 6.07) is 9.04. The van der Waals surface area contributed by atoms with Gasteiger partial charge in [-0.1, -0.05) is 12.1 Å². The maximum absolute atomic E-state index is 13.0. The van der Waals surface area contributed by atoms with Crippen molar-refractivity contribution in [2.24, 2.45) is 0 Å². The van der Waals surface area contributed by atoms with Gasteiger partial charge in [-0.25, -0.2) is 0 Å². The summed E-state index contributed by atoms with van der Waals surface area (Å²) in [5.41, 5.74) is 2.03. The summed E-state index contributed by atoms with van der Waals surface area (Å²) in [6.07, 6.45) is 5.47. The van der Waals surface area contributed by atoms with Crippen molar-refractivity contribution >= 4 is 5.91 Å². The van der Waals surface area contributed by atoms with Crippen LogP contribution in [0.2, 0.25) is 0 Å². The van der Waals surface area contributed by atoms with Gasteiger partial charge in [0.1, 0.15) is 5.75 Å². The predicted molar refractivity (Wildman–Crippen MR) is 90.8 cm³/mol. The molecule has 1 atom stereocenters. The zero-order chi connectivity index (χ0) is 16.9. The highest BCUT2D eigenvalue weighted by molar-refractivity contribution is 5.97. The second-order valence-corrected chi connectivity index (χ2v) is 6.15. The summed E-state index contributed by atoms with van der Waals surface area (Å²) in [4.78, 5) is 18.8. The minimum Gasteiger partial charge on any atom is -0.507 e. The van der Waals surface area contributed by atoms with Gasteiger partial charge in [-0.05, 0) is 49.1 Å². The standard InChI is InChI=1S/C19H22N2O3/c1-14-4-2-6-17(18(14)22)19(23)21(13-16-5-3-11-24-16)12-15-7-9-20-10-8-15/h2,4,6-10,16,22H,3,5,11-13H2,1H3/t16-/m1/s1. The van der Waals surface area contributed by atoms with Crippen LogP contribution < -0.4 is 0 Å². The Labute approximate surface area is 141 Å². The number of carbonyl (C=O) groups is 1.